The fourth-order valence-corrected chi connectivity index (χ4v) is 3.49. The lowest BCUT2D eigenvalue weighted by Gasteiger charge is -2.09. The lowest BCUT2D eigenvalue weighted by Crippen LogP contribution is -1.96. The molecule has 0 radical (unpaired) electrons. The number of nitriles is 1. The first kappa shape index (κ1) is 16.7. The van der Waals surface area contributed by atoms with Crippen LogP contribution >= 0.6 is 0 Å². The Kier molecular flexibility index (Phi) is 4.00. The molecule has 3 aromatic carbocycles. The minimum absolute atomic E-state index is 0.252. The van der Waals surface area contributed by atoms with Crippen molar-refractivity contribution < 1.29 is 0 Å². The van der Waals surface area contributed by atoms with E-state index in [0.29, 0.717) is 5.57 Å². The Bertz CT molecular complexity index is 1320. The monoisotopic (exact) mass is 377 g/mol. The van der Waals surface area contributed by atoms with Gasteiger partial charge < -0.3 is 9.88 Å². The molecule has 0 unspecified atom stereocenters. The number of aromatic nitrogens is 5. The van der Waals surface area contributed by atoms with E-state index in [0.717, 1.165) is 22.4 Å². The van der Waals surface area contributed by atoms with Gasteiger partial charge in [-0.2, -0.15) is 10.5 Å². The zero-order chi connectivity index (χ0) is 19.6. The van der Waals surface area contributed by atoms with Gasteiger partial charge in [-0.3, -0.25) is 0 Å². The second-order valence-electron chi connectivity index (χ2n) is 6.47. The number of hydrogen-bond acceptors (Lipinski definition) is 5. The molecule has 0 aliphatic carbocycles. The third-order valence-electron chi connectivity index (χ3n) is 4.80. The van der Waals surface area contributed by atoms with Gasteiger partial charge in [0.1, 0.15) is 11.6 Å². The summed E-state index contributed by atoms with van der Waals surface area (Å²) in [5.41, 5.74) is 4.54. The van der Waals surface area contributed by atoms with Gasteiger partial charge in [0.15, 0.2) is 0 Å². The number of para-hydroxylation sites is 2. The van der Waals surface area contributed by atoms with E-state index in [4.69, 9.17) is 0 Å². The predicted molar refractivity (Wildman–Crippen MR) is 112 cm³/mol. The minimum atomic E-state index is 0.252. The average Bonchev–Trinajstić information content (AvgIpc) is 3.41. The Balaban J connectivity index is 1.52. The van der Waals surface area contributed by atoms with Gasteiger partial charge >= 0.3 is 0 Å². The smallest absolute Gasteiger partial charge is 0.216 e. The fraction of sp³-hybridized carbons (Fsp3) is 0. The van der Waals surface area contributed by atoms with Crippen LogP contribution in [0.3, 0.4) is 0 Å². The van der Waals surface area contributed by atoms with Gasteiger partial charge in [0.05, 0.1) is 11.0 Å². The van der Waals surface area contributed by atoms with E-state index < -0.39 is 0 Å². The molecule has 0 bridgehead atoms. The van der Waals surface area contributed by atoms with Crippen molar-refractivity contribution in [2.24, 2.45) is 0 Å². The molecular weight excluding hydrogens is 362 g/mol. The quantitative estimate of drug-likeness (QED) is 0.456. The van der Waals surface area contributed by atoms with Crippen LogP contribution in [0, 0.1) is 11.3 Å². The summed E-state index contributed by atoms with van der Waals surface area (Å²) in [6.45, 7) is 0. The molecule has 138 valence electrons. The Morgan fingerprint density at radius 1 is 0.931 bits per heavy atom. The van der Waals surface area contributed by atoms with Crippen molar-refractivity contribution in [3.63, 3.8) is 0 Å². The molecule has 7 nitrogen and oxygen atoms in total. The van der Waals surface area contributed by atoms with Crippen molar-refractivity contribution in [1.82, 2.24) is 25.2 Å². The van der Waals surface area contributed by atoms with E-state index >= 15 is 0 Å². The number of anilines is 1. The van der Waals surface area contributed by atoms with Crippen LogP contribution in [0.25, 0.3) is 33.1 Å². The van der Waals surface area contributed by atoms with Gasteiger partial charge in [-0.05, 0) is 41.6 Å². The molecule has 29 heavy (non-hydrogen) atoms. The first-order chi connectivity index (χ1) is 14.3. The highest BCUT2D eigenvalue weighted by molar-refractivity contribution is 6.09. The Morgan fingerprint density at radius 3 is 2.17 bits per heavy atom. The van der Waals surface area contributed by atoms with E-state index in [1.54, 1.807) is 6.20 Å². The molecule has 0 spiro atoms. The van der Waals surface area contributed by atoms with Crippen molar-refractivity contribution in [1.29, 1.82) is 5.26 Å². The highest BCUT2D eigenvalue weighted by Gasteiger charge is 2.11. The van der Waals surface area contributed by atoms with E-state index in [2.05, 4.69) is 97.2 Å². The number of aromatic amines is 1. The van der Waals surface area contributed by atoms with Gasteiger partial charge in [0.25, 0.3) is 0 Å². The second-order valence-corrected chi connectivity index (χ2v) is 6.47. The largest absolute Gasteiger partial charge is 0.360 e. The lowest BCUT2D eigenvalue weighted by atomic mass is 10.2. The summed E-state index contributed by atoms with van der Waals surface area (Å²) in [6, 6.07) is 26.9. The number of tetrazole rings is 1. The van der Waals surface area contributed by atoms with Crippen LogP contribution in [0.4, 0.5) is 5.69 Å². The van der Waals surface area contributed by atoms with Crippen molar-refractivity contribution in [3.05, 3.63) is 84.8 Å². The zero-order valence-electron chi connectivity index (χ0n) is 15.2. The van der Waals surface area contributed by atoms with E-state index in [1.165, 1.54) is 10.8 Å². The Morgan fingerprint density at radius 2 is 1.59 bits per heavy atom. The molecular formula is C22H15N7. The number of nitrogens with one attached hydrogen (secondary N) is 2. The highest BCUT2D eigenvalue weighted by atomic mass is 15.5. The minimum Gasteiger partial charge on any atom is -0.360 e. The van der Waals surface area contributed by atoms with Gasteiger partial charge in [-0.15, -0.1) is 10.2 Å². The van der Waals surface area contributed by atoms with Gasteiger partial charge in [0.2, 0.25) is 5.82 Å². The number of benzene rings is 3. The van der Waals surface area contributed by atoms with Crippen molar-refractivity contribution >= 4 is 33.1 Å². The molecule has 5 aromatic rings. The number of fused-ring (bicyclic) bond motifs is 3. The maximum absolute atomic E-state index is 9.26. The van der Waals surface area contributed by atoms with Crippen molar-refractivity contribution in [2.75, 3.05) is 5.32 Å². The zero-order valence-corrected chi connectivity index (χ0v) is 15.2. The van der Waals surface area contributed by atoms with Crippen molar-refractivity contribution in [3.8, 4) is 11.8 Å². The summed E-state index contributed by atoms with van der Waals surface area (Å²) in [6.07, 6.45) is 1.57. The SMILES string of the molecule is N#CC(=CNc1ccc(-n2c3ccccc3c3ccccc32)cc1)c1nn[nH]n1. The maximum atomic E-state index is 9.26. The standard InChI is InChI=1S/C22H15N7/c23-13-15(22-25-27-28-26-22)14-24-16-9-11-17(12-10-16)29-20-7-3-1-5-18(20)19-6-2-4-8-21(19)29/h1-12,14,24H,(H,25,26,27,28). The fourth-order valence-electron chi connectivity index (χ4n) is 3.49. The number of H-pyrrole nitrogens is 1. The predicted octanol–water partition coefficient (Wildman–Crippen LogP) is 4.27. The van der Waals surface area contributed by atoms with Gasteiger partial charge in [-0.1, -0.05) is 36.4 Å². The maximum Gasteiger partial charge on any atom is 0.216 e. The molecule has 0 fully saturated rings. The summed E-state index contributed by atoms with van der Waals surface area (Å²) in [7, 11) is 0. The Hall–Kier alpha value is -4.44. The first-order valence-electron chi connectivity index (χ1n) is 9.04. The molecule has 2 heterocycles. The first-order valence-corrected chi connectivity index (χ1v) is 9.04. The molecule has 0 saturated carbocycles. The highest BCUT2D eigenvalue weighted by Crippen LogP contribution is 2.31. The van der Waals surface area contributed by atoms with Gasteiger partial charge in [0, 0.05) is 28.3 Å². The molecule has 0 aliphatic rings. The van der Waals surface area contributed by atoms with Crippen LogP contribution in [0.5, 0.6) is 0 Å². The van der Waals surface area contributed by atoms with Crippen LogP contribution < -0.4 is 5.32 Å². The molecule has 7 heteroatoms. The topological polar surface area (TPSA) is 95.2 Å². The normalized spacial score (nSPS) is 11.6. The van der Waals surface area contributed by atoms with Crippen LogP contribution in [-0.4, -0.2) is 25.2 Å². The van der Waals surface area contributed by atoms with Crippen molar-refractivity contribution in [2.45, 2.75) is 0 Å². The van der Waals surface area contributed by atoms with Crippen LogP contribution in [0.15, 0.2) is 79.0 Å². The number of nitrogens with zero attached hydrogens (tertiary/aromatic N) is 5. The van der Waals surface area contributed by atoms with Gasteiger partial charge in [-0.25, -0.2) is 0 Å². The summed E-state index contributed by atoms with van der Waals surface area (Å²) in [5, 5.41) is 28.3. The van der Waals surface area contributed by atoms with E-state index in [-0.39, 0.29) is 5.82 Å². The third-order valence-corrected chi connectivity index (χ3v) is 4.80. The molecule has 5 rings (SSSR count). The molecule has 0 amide bonds. The van der Waals surface area contributed by atoms with Crippen LogP contribution in [-0.2, 0) is 0 Å². The van der Waals surface area contributed by atoms with E-state index in [1.807, 2.05) is 12.1 Å². The average molecular weight is 377 g/mol. The molecule has 0 saturated heterocycles. The summed E-state index contributed by atoms with van der Waals surface area (Å²) < 4.78 is 2.25. The third kappa shape index (κ3) is 2.89. The number of allylic oxidation sites excluding steroid dienone is 1. The van der Waals surface area contributed by atoms with E-state index in [9.17, 15) is 5.26 Å². The Labute approximate surface area is 165 Å². The van der Waals surface area contributed by atoms with Crippen LogP contribution in [0.2, 0.25) is 0 Å². The number of hydrogen-bond donors (Lipinski definition) is 2. The molecule has 2 aromatic heterocycles. The summed E-state index contributed by atoms with van der Waals surface area (Å²) in [4.78, 5) is 0. The molecule has 0 aliphatic heterocycles. The molecule has 2 N–H and O–H groups in total. The lowest BCUT2D eigenvalue weighted by molar-refractivity contribution is 0.881. The van der Waals surface area contributed by atoms with Crippen LogP contribution in [0.1, 0.15) is 5.82 Å². The second kappa shape index (κ2) is 6.94. The summed E-state index contributed by atoms with van der Waals surface area (Å²) >= 11 is 0. The number of rotatable bonds is 4. The summed E-state index contributed by atoms with van der Waals surface area (Å²) in [5.74, 6) is 0.252. The molecule has 0 atom stereocenters.